The number of carbonyl (C=O) groups excluding carboxylic acids is 3. The Morgan fingerprint density at radius 1 is 1.11 bits per heavy atom. The van der Waals surface area contributed by atoms with E-state index in [4.69, 9.17) is 0 Å². The normalized spacial score (nSPS) is 19.1. The molecule has 7 nitrogen and oxygen atoms in total. The predicted octanol–water partition coefficient (Wildman–Crippen LogP) is 2.98. The molecule has 0 radical (unpaired) electrons. The van der Waals surface area contributed by atoms with Gasteiger partial charge in [0.1, 0.15) is 6.04 Å². The maximum atomic E-state index is 14.4. The van der Waals surface area contributed by atoms with Crippen molar-refractivity contribution in [3.05, 3.63) is 71.3 Å². The fraction of sp³-hybridized carbons (Fsp3) is 0.464. The summed E-state index contributed by atoms with van der Waals surface area (Å²) in [5, 5.41) is 16.4. The summed E-state index contributed by atoms with van der Waals surface area (Å²) in [7, 11) is 0. The van der Waals surface area contributed by atoms with Crippen LogP contribution < -0.4 is 10.6 Å². The van der Waals surface area contributed by atoms with Gasteiger partial charge in [-0.05, 0) is 36.5 Å². The first kappa shape index (κ1) is 28.2. The molecule has 1 aliphatic heterocycles. The number of aliphatic hydroxyl groups excluding tert-OH is 1. The average molecular weight is 516 g/mol. The second-order valence-corrected chi connectivity index (χ2v) is 9.75. The molecule has 0 saturated carbocycles. The van der Waals surface area contributed by atoms with E-state index in [1.165, 1.54) is 0 Å². The van der Waals surface area contributed by atoms with Crippen molar-refractivity contribution in [1.82, 2.24) is 15.5 Å². The van der Waals surface area contributed by atoms with Crippen molar-refractivity contribution in [1.29, 1.82) is 0 Å². The molecule has 1 aliphatic rings. The van der Waals surface area contributed by atoms with Crippen LogP contribution in [0.4, 0.5) is 8.78 Å². The molecule has 9 heteroatoms. The van der Waals surface area contributed by atoms with E-state index in [0.717, 1.165) is 21.6 Å². The largest absolute Gasteiger partial charge is 0.381 e. The molecule has 0 aliphatic carbocycles. The zero-order valence-electron chi connectivity index (χ0n) is 21.4. The van der Waals surface area contributed by atoms with Gasteiger partial charge in [0, 0.05) is 18.9 Å². The molecule has 37 heavy (non-hydrogen) atoms. The quantitative estimate of drug-likeness (QED) is 0.453. The van der Waals surface area contributed by atoms with E-state index in [-0.39, 0.29) is 24.8 Å². The molecule has 3 rings (SSSR count). The van der Waals surface area contributed by atoms with E-state index in [9.17, 15) is 28.3 Å². The number of amides is 3. The Labute approximate surface area is 216 Å². The first-order chi connectivity index (χ1) is 17.5. The van der Waals surface area contributed by atoms with Gasteiger partial charge >= 0.3 is 0 Å². The molecule has 2 aromatic rings. The summed E-state index contributed by atoms with van der Waals surface area (Å²) < 4.78 is 28.9. The molecule has 1 saturated heterocycles. The van der Waals surface area contributed by atoms with E-state index < -0.39 is 48.9 Å². The lowest BCUT2D eigenvalue weighted by Crippen LogP contribution is -2.56. The predicted molar refractivity (Wildman–Crippen MR) is 136 cm³/mol. The van der Waals surface area contributed by atoms with Crippen LogP contribution in [0.2, 0.25) is 0 Å². The van der Waals surface area contributed by atoms with Crippen LogP contribution in [-0.4, -0.2) is 58.4 Å². The van der Waals surface area contributed by atoms with Crippen molar-refractivity contribution in [2.24, 2.45) is 5.92 Å². The summed E-state index contributed by atoms with van der Waals surface area (Å²) in [6.45, 7) is 4.57. The van der Waals surface area contributed by atoms with Gasteiger partial charge in [-0.25, -0.2) is 8.78 Å². The van der Waals surface area contributed by atoms with Gasteiger partial charge in [-0.1, -0.05) is 68.4 Å². The maximum Gasteiger partial charge on any atom is 0.267 e. The maximum absolute atomic E-state index is 14.4. The summed E-state index contributed by atoms with van der Waals surface area (Å²) in [6, 6.07) is 13.8. The number of halogens is 2. The molecule has 0 aromatic heterocycles. The third-order valence-electron chi connectivity index (χ3n) is 6.89. The Balaban J connectivity index is 1.78. The molecule has 0 spiro atoms. The highest BCUT2D eigenvalue weighted by Gasteiger charge is 2.51. The Bertz CT molecular complexity index is 1100. The van der Waals surface area contributed by atoms with Crippen LogP contribution in [0.5, 0.6) is 0 Å². The van der Waals surface area contributed by atoms with Crippen LogP contribution in [0.25, 0.3) is 0 Å². The monoisotopic (exact) mass is 515 g/mol. The molecule has 200 valence electrons. The van der Waals surface area contributed by atoms with Crippen LogP contribution in [0.15, 0.2) is 54.6 Å². The minimum Gasteiger partial charge on any atom is -0.381 e. The third kappa shape index (κ3) is 7.35. The van der Waals surface area contributed by atoms with Crippen molar-refractivity contribution < 1.29 is 28.3 Å². The van der Waals surface area contributed by atoms with E-state index in [1.807, 2.05) is 44.2 Å². The molecule has 1 heterocycles. The van der Waals surface area contributed by atoms with Gasteiger partial charge in [0.15, 0.2) is 6.10 Å². The Kier molecular flexibility index (Phi) is 9.37. The molecular weight excluding hydrogens is 480 g/mol. The van der Waals surface area contributed by atoms with E-state index in [1.54, 1.807) is 31.2 Å². The summed E-state index contributed by atoms with van der Waals surface area (Å²) in [4.78, 5) is 39.6. The number of rotatable bonds is 10. The molecule has 3 N–H and O–H groups in total. The third-order valence-corrected chi connectivity index (χ3v) is 6.89. The van der Waals surface area contributed by atoms with Gasteiger partial charge in [-0.2, -0.15) is 0 Å². The van der Waals surface area contributed by atoms with E-state index in [0.29, 0.717) is 6.42 Å². The van der Waals surface area contributed by atoms with Crippen LogP contribution in [-0.2, 0) is 27.3 Å². The number of aryl methyl sites for hydroxylation is 1. The lowest BCUT2D eigenvalue weighted by Gasteiger charge is -2.30. The van der Waals surface area contributed by atoms with Crippen LogP contribution in [0.3, 0.4) is 0 Å². The standard InChI is InChI=1S/C28H35F2N3O4/c1-4-18(2)25(35)32-22(14-20-11-6-5-7-12-20)24(34)27(37)33-17-28(29,30)15-23(33)26(36)31-16-21-13-9-8-10-19(21)3/h5-13,18,22-24,34H,4,14-17H2,1-3H3,(H,31,36)(H,32,35). The summed E-state index contributed by atoms with van der Waals surface area (Å²) in [5.41, 5.74) is 2.51. The minimum atomic E-state index is -3.28. The first-order valence-electron chi connectivity index (χ1n) is 12.5. The fourth-order valence-corrected chi connectivity index (χ4v) is 4.35. The van der Waals surface area contributed by atoms with Crippen molar-refractivity contribution in [3.8, 4) is 0 Å². The number of likely N-dealkylation sites (tertiary alicyclic amines) is 1. The minimum absolute atomic E-state index is 0.115. The number of benzene rings is 2. The average Bonchev–Trinajstić information content (AvgIpc) is 3.22. The van der Waals surface area contributed by atoms with Gasteiger partial charge in [0.25, 0.3) is 11.8 Å². The number of aliphatic hydroxyl groups is 1. The number of hydrogen-bond donors (Lipinski definition) is 3. The lowest BCUT2D eigenvalue weighted by molar-refractivity contribution is -0.147. The number of nitrogens with one attached hydrogen (secondary N) is 2. The zero-order valence-corrected chi connectivity index (χ0v) is 21.4. The van der Waals surface area contributed by atoms with E-state index in [2.05, 4.69) is 10.6 Å². The van der Waals surface area contributed by atoms with Crippen LogP contribution in [0.1, 0.15) is 43.4 Å². The Morgan fingerprint density at radius 2 is 1.76 bits per heavy atom. The molecule has 4 unspecified atom stereocenters. The molecule has 3 amide bonds. The first-order valence-corrected chi connectivity index (χ1v) is 12.5. The number of alkyl halides is 2. The Hall–Kier alpha value is -3.33. The smallest absolute Gasteiger partial charge is 0.267 e. The van der Waals surface area contributed by atoms with Crippen molar-refractivity contribution in [2.75, 3.05) is 6.54 Å². The van der Waals surface area contributed by atoms with Crippen LogP contribution in [0, 0.1) is 12.8 Å². The lowest BCUT2D eigenvalue weighted by atomic mass is 9.98. The Morgan fingerprint density at radius 3 is 2.41 bits per heavy atom. The molecular formula is C28H35F2N3O4. The molecule has 4 atom stereocenters. The second kappa shape index (κ2) is 12.3. The molecule has 1 fully saturated rings. The van der Waals surface area contributed by atoms with Crippen LogP contribution >= 0.6 is 0 Å². The van der Waals surface area contributed by atoms with E-state index >= 15 is 0 Å². The highest BCUT2D eigenvalue weighted by Crippen LogP contribution is 2.33. The SMILES string of the molecule is CCC(C)C(=O)NC(Cc1ccccc1)C(O)C(=O)N1CC(F)(F)CC1C(=O)NCc1ccccc1C. The summed E-state index contributed by atoms with van der Waals surface area (Å²) in [6.07, 6.45) is -1.98. The zero-order chi connectivity index (χ0) is 27.2. The second-order valence-electron chi connectivity index (χ2n) is 9.75. The number of nitrogens with zero attached hydrogens (tertiary/aromatic N) is 1. The summed E-state index contributed by atoms with van der Waals surface area (Å²) >= 11 is 0. The van der Waals surface area contributed by atoms with Gasteiger partial charge < -0.3 is 20.6 Å². The topological polar surface area (TPSA) is 98.7 Å². The molecule has 2 aromatic carbocycles. The number of hydrogen-bond acceptors (Lipinski definition) is 4. The van der Waals surface area contributed by atoms with Gasteiger partial charge in [0.05, 0.1) is 12.6 Å². The number of carbonyl (C=O) groups is 3. The highest BCUT2D eigenvalue weighted by atomic mass is 19.3. The molecule has 0 bridgehead atoms. The van der Waals surface area contributed by atoms with Crippen molar-refractivity contribution in [3.63, 3.8) is 0 Å². The van der Waals surface area contributed by atoms with Gasteiger partial charge in [-0.15, -0.1) is 0 Å². The van der Waals surface area contributed by atoms with Crippen molar-refractivity contribution in [2.45, 2.75) is 70.7 Å². The fourth-order valence-electron chi connectivity index (χ4n) is 4.35. The van der Waals surface area contributed by atoms with Gasteiger partial charge in [0.2, 0.25) is 11.8 Å². The highest BCUT2D eigenvalue weighted by molar-refractivity contribution is 5.91. The van der Waals surface area contributed by atoms with Gasteiger partial charge in [-0.3, -0.25) is 14.4 Å². The summed E-state index contributed by atoms with van der Waals surface area (Å²) in [5.74, 6) is -5.73. The van der Waals surface area contributed by atoms with Crippen molar-refractivity contribution >= 4 is 17.7 Å².